The molecule has 1 saturated carbocycles. The summed E-state index contributed by atoms with van der Waals surface area (Å²) in [4.78, 5) is 15.3. The van der Waals surface area contributed by atoms with Crippen LogP contribution in [0.4, 0.5) is 9.18 Å². The Morgan fingerprint density at radius 1 is 0.966 bits per heavy atom. The highest BCUT2D eigenvalue weighted by atomic mass is 19.1. The first-order chi connectivity index (χ1) is 14.2. The Morgan fingerprint density at radius 3 is 2.52 bits per heavy atom. The van der Waals surface area contributed by atoms with Crippen LogP contribution in [0.5, 0.6) is 0 Å². The molecular weight excluding hydrogens is 365 g/mol. The second-order valence-corrected chi connectivity index (χ2v) is 7.94. The summed E-state index contributed by atoms with van der Waals surface area (Å²) >= 11 is 0. The van der Waals surface area contributed by atoms with Gasteiger partial charge < -0.3 is 14.8 Å². The highest BCUT2D eigenvalue weighted by Gasteiger charge is 2.33. The zero-order valence-corrected chi connectivity index (χ0v) is 16.2. The van der Waals surface area contributed by atoms with Gasteiger partial charge in [0.05, 0.1) is 18.3 Å². The Bertz CT molecular complexity index is 1020. The van der Waals surface area contributed by atoms with Crippen molar-refractivity contribution in [3.8, 4) is 5.69 Å². The minimum Gasteiger partial charge on any atom is -0.335 e. The van der Waals surface area contributed by atoms with Crippen LogP contribution in [0.3, 0.4) is 0 Å². The van der Waals surface area contributed by atoms with Gasteiger partial charge in [-0.15, -0.1) is 0 Å². The molecule has 1 aliphatic carbocycles. The van der Waals surface area contributed by atoms with Crippen molar-refractivity contribution in [2.45, 2.75) is 44.3 Å². The van der Waals surface area contributed by atoms with Gasteiger partial charge in [-0.05, 0) is 54.3 Å². The quantitative estimate of drug-likeness (QED) is 0.645. The number of carbonyl (C=O) groups is 1. The van der Waals surface area contributed by atoms with Gasteiger partial charge in [0.2, 0.25) is 0 Å². The minimum atomic E-state index is -0.292. The number of hydrogen-bond acceptors (Lipinski definition) is 1. The van der Waals surface area contributed by atoms with E-state index < -0.39 is 0 Å². The number of carbonyl (C=O) groups excluding carboxylic acids is 1. The van der Waals surface area contributed by atoms with Crippen LogP contribution in [0.2, 0.25) is 0 Å². The standard InChI is InChI=1S/C24H24FN3O/c25-19-13-11-17(12-14-19)23-22-10-5-15-27(22)21-9-4-1-6-18(21)16-28(23)24(29)26-20-7-2-3-8-20/h1,4-6,9-15,20,23H,2-3,7-8,16H2,(H,26,29)/t23-/m1/s1. The van der Waals surface area contributed by atoms with Gasteiger partial charge >= 0.3 is 6.03 Å². The predicted molar refractivity (Wildman–Crippen MR) is 110 cm³/mol. The molecular formula is C24H24FN3O. The van der Waals surface area contributed by atoms with E-state index in [-0.39, 0.29) is 23.9 Å². The van der Waals surface area contributed by atoms with E-state index in [9.17, 15) is 9.18 Å². The summed E-state index contributed by atoms with van der Waals surface area (Å²) in [5.41, 5.74) is 4.08. The molecule has 0 unspecified atom stereocenters. The van der Waals surface area contributed by atoms with Gasteiger partial charge in [0, 0.05) is 17.9 Å². The number of rotatable bonds is 2. The Hall–Kier alpha value is -3.08. The molecule has 1 aromatic heterocycles. The lowest BCUT2D eigenvalue weighted by Crippen LogP contribution is -2.45. The third kappa shape index (κ3) is 3.31. The fraction of sp³-hybridized carbons (Fsp3) is 0.292. The Balaban J connectivity index is 1.61. The monoisotopic (exact) mass is 389 g/mol. The fourth-order valence-electron chi connectivity index (χ4n) is 4.66. The molecule has 0 radical (unpaired) electrons. The van der Waals surface area contributed by atoms with Gasteiger partial charge in [0.25, 0.3) is 0 Å². The summed E-state index contributed by atoms with van der Waals surface area (Å²) in [5, 5.41) is 3.24. The van der Waals surface area contributed by atoms with Crippen molar-refractivity contribution >= 4 is 6.03 Å². The number of amides is 2. The van der Waals surface area contributed by atoms with Crippen LogP contribution in [0.1, 0.15) is 48.5 Å². The van der Waals surface area contributed by atoms with Crippen LogP contribution >= 0.6 is 0 Å². The number of nitrogens with one attached hydrogen (secondary N) is 1. The van der Waals surface area contributed by atoms with E-state index in [1.807, 2.05) is 35.4 Å². The lowest BCUT2D eigenvalue weighted by molar-refractivity contribution is 0.176. The maximum atomic E-state index is 13.6. The predicted octanol–water partition coefficient (Wildman–Crippen LogP) is 5.17. The van der Waals surface area contributed by atoms with E-state index in [1.165, 1.54) is 12.1 Å². The van der Waals surface area contributed by atoms with Crippen LogP contribution in [-0.2, 0) is 6.54 Å². The number of para-hydroxylation sites is 1. The summed E-state index contributed by atoms with van der Waals surface area (Å²) in [6.07, 6.45) is 6.43. The lowest BCUT2D eigenvalue weighted by Gasteiger charge is -2.32. The van der Waals surface area contributed by atoms with Crippen LogP contribution < -0.4 is 5.32 Å². The third-order valence-corrected chi connectivity index (χ3v) is 6.09. The lowest BCUT2D eigenvalue weighted by atomic mass is 10.0. The molecule has 2 aliphatic rings. The van der Waals surface area contributed by atoms with Gasteiger partial charge in [-0.1, -0.05) is 43.2 Å². The molecule has 5 rings (SSSR count). The average Bonchev–Trinajstić information content (AvgIpc) is 3.39. The Morgan fingerprint density at radius 2 is 1.72 bits per heavy atom. The van der Waals surface area contributed by atoms with Gasteiger partial charge in [-0.3, -0.25) is 0 Å². The molecule has 148 valence electrons. The normalized spacial score (nSPS) is 18.8. The van der Waals surface area contributed by atoms with Crippen molar-refractivity contribution in [1.29, 1.82) is 0 Å². The molecule has 4 nitrogen and oxygen atoms in total. The summed E-state index contributed by atoms with van der Waals surface area (Å²) in [6, 6.07) is 18.6. The zero-order valence-electron chi connectivity index (χ0n) is 16.2. The second-order valence-electron chi connectivity index (χ2n) is 7.94. The Labute approximate surface area is 170 Å². The topological polar surface area (TPSA) is 37.3 Å². The van der Waals surface area contributed by atoms with Crippen molar-refractivity contribution in [2.24, 2.45) is 0 Å². The largest absolute Gasteiger partial charge is 0.335 e. The number of nitrogens with zero attached hydrogens (tertiary/aromatic N) is 2. The molecule has 29 heavy (non-hydrogen) atoms. The smallest absolute Gasteiger partial charge is 0.318 e. The van der Waals surface area contributed by atoms with Gasteiger partial charge in [-0.2, -0.15) is 0 Å². The van der Waals surface area contributed by atoms with Gasteiger partial charge in [0.1, 0.15) is 5.82 Å². The number of fused-ring (bicyclic) bond motifs is 3. The SMILES string of the molecule is O=C(NC1CCCC1)N1Cc2ccccc2-n2cccc2[C@H]1c1ccc(F)cc1. The second kappa shape index (κ2) is 7.39. The Kier molecular flexibility index (Phi) is 4.58. The minimum absolute atomic E-state index is 0.0596. The molecule has 1 atom stereocenters. The van der Waals surface area contributed by atoms with E-state index in [2.05, 4.69) is 22.0 Å². The van der Waals surface area contributed by atoms with E-state index in [1.54, 1.807) is 12.1 Å². The molecule has 0 spiro atoms. The molecule has 0 bridgehead atoms. The molecule has 1 aliphatic heterocycles. The van der Waals surface area contributed by atoms with E-state index >= 15 is 0 Å². The van der Waals surface area contributed by atoms with Crippen LogP contribution in [0.25, 0.3) is 5.69 Å². The maximum Gasteiger partial charge on any atom is 0.318 e. The van der Waals surface area contributed by atoms with E-state index in [4.69, 9.17) is 0 Å². The number of benzene rings is 2. The molecule has 2 heterocycles. The average molecular weight is 389 g/mol. The number of urea groups is 1. The van der Waals surface area contributed by atoms with Crippen LogP contribution in [-0.4, -0.2) is 21.5 Å². The molecule has 2 amide bonds. The van der Waals surface area contributed by atoms with Crippen LogP contribution in [0.15, 0.2) is 66.9 Å². The fourth-order valence-corrected chi connectivity index (χ4v) is 4.66. The summed E-state index contributed by atoms with van der Waals surface area (Å²) in [5.74, 6) is -0.275. The first-order valence-electron chi connectivity index (χ1n) is 10.3. The first kappa shape index (κ1) is 18.0. The van der Waals surface area contributed by atoms with Crippen molar-refractivity contribution in [1.82, 2.24) is 14.8 Å². The maximum absolute atomic E-state index is 13.6. The van der Waals surface area contributed by atoms with Crippen molar-refractivity contribution < 1.29 is 9.18 Å². The van der Waals surface area contributed by atoms with E-state index in [0.29, 0.717) is 6.54 Å². The molecule has 1 N–H and O–H groups in total. The van der Waals surface area contributed by atoms with Crippen molar-refractivity contribution in [3.05, 3.63) is 89.5 Å². The highest BCUT2D eigenvalue weighted by molar-refractivity contribution is 5.76. The summed E-state index contributed by atoms with van der Waals surface area (Å²) in [6.45, 7) is 0.498. The number of aromatic nitrogens is 1. The summed E-state index contributed by atoms with van der Waals surface area (Å²) in [7, 11) is 0. The molecule has 0 saturated heterocycles. The summed E-state index contributed by atoms with van der Waals surface area (Å²) < 4.78 is 15.8. The van der Waals surface area contributed by atoms with E-state index in [0.717, 1.165) is 48.2 Å². The van der Waals surface area contributed by atoms with Crippen molar-refractivity contribution in [2.75, 3.05) is 0 Å². The van der Waals surface area contributed by atoms with Crippen LogP contribution in [0, 0.1) is 5.82 Å². The molecule has 1 fully saturated rings. The number of hydrogen-bond donors (Lipinski definition) is 1. The zero-order chi connectivity index (χ0) is 19.8. The van der Waals surface area contributed by atoms with Gasteiger partial charge in [-0.25, -0.2) is 9.18 Å². The highest BCUT2D eigenvalue weighted by Crippen LogP contribution is 2.36. The third-order valence-electron chi connectivity index (χ3n) is 6.09. The first-order valence-corrected chi connectivity index (χ1v) is 10.3. The van der Waals surface area contributed by atoms with Gasteiger partial charge in [0.15, 0.2) is 0 Å². The van der Waals surface area contributed by atoms with Crippen molar-refractivity contribution in [3.63, 3.8) is 0 Å². The molecule has 2 aromatic carbocycles. The molecule has 3 aromatic rings. The number of halogens is 1. The molecule has 5 heteroatoms.